The first-order chi connectivity index (χ1) is 9.07. The van der Waals surface area contributed by atoms with Crippen molar-refractivity contribution in [3.63, 3.8) is 0 Å². The second kappa shape index (κ2) is 5.62. The maximum absolute atomic E-state index is 5.87. The number of benzene rings is 2. The lowest BCUT2D eigenvalue weighted by atomic mass is 9.92. The van der Waals surface area contributed by atoms with Crippen LogP contribution < -0.4 is 10.6 Å². The molecule has 0 aliphatic carbocycles. The van der Waals surface area contributed by atoms with Gasteiger partial charge in [-0.05, 0) is 30.3 Å². The summed E-state index contributed by atoms with van der Waals surface area (Å²) < 4.78 is 0. The largest absolute Gasteiger partial charge is 0.371 e. The van der Waals surface area contributed by atoms with Crippen LogP contribution in [0.5, 0.6) is 0 Å². The molecule has 0 radical (unpaired) electrons. The van der Waals surface area contributed by atoms with Gasteiger partial charge in [-0.2, -0.15) is 0 Å². The van der Waals surface area contributed by atoms with Gasteiger partial charge in [-0.25, -0.2) is 0 Å². The van der Waals surface area contributed by atoms with Crippen LogP contribution in [0.15, 0.2) is 42.5 Å². The molecule has 0 unspecified atom stereocenters. The minimum absolute atomic E-state index is 0.132. The van der Waals surface area contributed by atoms with Crippen molar-refractivity contribution in [2.24, 2.45) is 11.1 Å². The quantitative estimate of drug-likeness (QED) is 0.884. The Bertz CT molecular complexity index is 540. The minimum Gasteiger partial charge on any atom is -0.371 e. The molecular formula is C17H24N2. The van der Waals surface area contributed by atoms with Gasteiger partial charge >= 0.3 is 0 Å². The smallest absolute Gasteiger partial charge is 0.0445 e. The Balaban J connectivity index is 2.41. The first-order valence-electron chi connectivity index (χ1n) is 7.00. The van der Waals surface area contributed by atoms with Crippen molar-refractivity contribution in [2.45, 2.75) is 20.8 Å². The van der Waals surface area contributed by atoms with E-state index in [-0.39, 0.29) is 5.41 Å². The van der Waals surface area contributed by atoms with E-state index in [9.17, 15) is 0 Å². The summed E-state index contributed by atoms with van der Waals surface area (Å²) >= 11 is 0. The molecule has 0 saturated heterocycles. The Labute approximate surface area is 116 Å². The Kier molecular flexibility index (Phi) is 4.11. The predicted molar refractivity (Wildman–Crippen MR) is 84.7 cm³/mol. The SMILES string of the molecule is CCN(CC(C)(C)CN)c1cccc2ccccc12. The van der Waals surface area contributed by atoms with Crippen LogP contribution >= 0.6 is 0 Å². The van der Waals surface area contributed by atoms with Gasteiger partial charge in [-0.15, -0.1) is 0 Å². The molecule has 2 heteroatoms. The van der Waals surface area contributed by atoms with Crippen molar-refractivity contribution in [3.8, 4) is 0 Å². The fraction of sp³-hybridized carbons (Fsp3) is 0.412. The van der Waals surface area contributed by atoms with Gasteiger partial charge < -0.3 is 10.6 Å². The van der Waals surface area contributed by atoms with Crippen LogP contribution in [0.3, 0.4) is 0 Å². The molecule has 0 fully saturated rings. The highest BCUT2D eigenvalue weighted by Gasteiger charge is 2.20. The highest BCUT2D eigenvalue weighted by Crippen LogP contribution is 2.28. The summed E-state index contributed by atoms with van der Waals surface area (Å²) in [5, 5.41) is 2.61. The van der Waals surface area contributed by atoms with Crippen molar-refractivity contribution in [1.29, 1.82) is 0 Å². The Morgan fingerprint density at radius 3 is 2.42 bits per heavy atom. The topological polar surface area (TPSA) is 29.3 Å². The summed E-state index contributed by atoms with van der Waals surface area (Å²) in [5.41, 5.74) is 7.31. The Morgan fingerprint density at radius 1 is 1.05 bits per heavy atom. The summed E-state index contributed by atoms with van der Waals surface area (Å²) in [6.07, 6.45) is 0. The van der Waals surface area contributed by atoms with Crippen LogP contribution in [0.2, 0.25) is 0 Å². The molecular weight excluding hydrogens is 232 g/mol. The number of rotatable bonds is 5. The lowest BCUT2D eigenvalue weighted by molar-refractivity contribution is 0.380. The van der Waals surface area contributed by atoms with Crippen LogP contribution in [0.25, 0.3) is 10.8 Å². The predicted octanol–water partition coefficient (Wildman–Crippen LogP) is 3.65. The van der Waals surface area contributed by atoms with E-state index in [4.69, 9.17) is 5.73 Å². The summed E-state index contributed by atoms with van der Waals surface area (Å²) in [6, 6.07) is 15.1. The molecule has 0 spiro atoms. The molecule has 0 amide bonds. The van der Waals surface area contributed by atoms with E-state index < -0.39 is 0 Å². The minimum atomic E-state index is 0.132. The standard InChI is InChI=1S/C17H24N2/c1-4-19(13-17(2,3)12-18)16-11-7-9-14-8-5-6-10-15(14)16/h5-11H,4,12-13,18H2,1-3H3. The highest BCUT2D eigenvalue weighted by atomic mass is 15.1. The molecule has 0 heterocycles. The molecule has 0 bridgehead atoms. The summed E-state index contributed by atoms with van der Waals surface area (Å²) in [6.45, 7) is 9.33. The van der Waals surface area contributed by atoms with E-state index in [2.05, 4.69) is 68.1 Å². The van der Waals surface area contributed by atoms with E-state index in [1.165, 1.54) is 16.5 Å². The number of anilines is 1. The van der Waals surface area contributed by atoms with Gasteiger partial charge in [-0.1, -0.05) is 50.2 Å². The zero-order valence-electron chi connectivity index (χ0n) is 12.2. The van der Waals surface area contributed by atoms with Crippen LogP contribution in [0.4, 0.5) is 5.69 Å². The molecule has 0 aliphatic rings. The molecule has 2 rings (SSSR count). The monoisotopic (exact) mass is 256 g/mol. The molecule has 2 N–H and O–H groups in total. The van der Waals surface area contributed by atoms with Gasteiger partial charge in [0.15, 0.2) is 0 Å². The number of nitrogens with zero attached hydrogens (tertiary/aromatic N) is 1. The number of fused-ring (bicyclic) bond motifs is 1. The van der Waals surface area contributed by atoms with E-state index in [1.54, 1.807) is 0 Å². The van der Waals surface area contributed by atoms with Gasteiger partial charge in [-0.3, -0.25) is 0 Å². The number of hydrogen-bond donors (Lipinski definition) is 1. The average molecular weight is 256 g/mol. The second-order valence-corrected chi connectivity index (χ2v) is 5.88. The molecule has 2 aromatic carbocycles. The summed E-state index contributed by atoms with van der Waals surface area (Å²) in [4.78, 5) is 2.43. The van der Waals surface area contributed by atoms with Crippen LogP contribution in [-0.4, -0.2) is 19.6 Å². The maximum atomic E-state index is 5.87. The lowest BCUT2D eigenvalue weighted by Gasteiger charge is -2.33. The van der Waals surface area contributed by atoms with Gasteiger partial charge in [0, 0.05) is 24.2 Å². The third-order valence-electron chi connectivity index (χ3n) is 3.66. The van der Waals surface area contributed by atoms with Crippen molar-refractivity contribution >= 4 is 16.5 Å². The van der Waals surface area contributed by atoms with Crippen molar-refractivity contribution in [3.05, 3.63) is 42.5 Å². The molecule has 0 aromatic heterocycles. The molecule has 19 heavy (non-hydrogen) atoms. The van der Waals surface area contributed by atoms with Crippen molar-refractivity contribution in [1.82, 2.24) is 0 Å². The average Bonchev–Trinajstić information content (AvgIpc) is 2.44. The normalized spacial score (nSPS) is 11.8. The van der Waals surface area contributed by atoms with Gasteiger partial charge in [0.25, 0.3) is 0 Å². The lowest BCUT2D eigenvalue weighted by Crippen LogP contribution is -2.38. The van der Waals surface area contributed by atoms with Crippen molar-refractivity contribution in [2.75, 3.05) is 24.5 Å². The maximum Gasteiger partial charge on any atom is 0.0445 e. The van der Waals surface area contributed by atoms with Crippen LogP contribution in [0, 0.1) is 5.41 Å². The summed E-state index contributed by atoms with van der Waals surface area (Å²) in [7, 11) is 0. The molecule has 2 nitrogen and oxygen atoms in total. The zero-order valence-corrected chi connectivity index (χ0v) is 12.2. The molecule has 0 atom stereocenters. The molecule has 102 valence electrons. The Hall–Kier alpha value is -1.54. The molecule has 0 aliphatic heterocycles. The zero-order chi connectivity index (χ0) is 13.9. The van der Waals surface area contributed by atoms with Crippen LogP contribution in [-0.2, 0) is 0 Å². The van der Waals surface area contributed by atoms with E-state index in [0.717, 1.165) is 13.1 Å². The first kappa shape index (κ1) is 13.9. The molecule has 0 saturated carbocycles. The van der Waals surface area contributed by atoms with Gasteiger partial charge in [0.2, 0.25) is 0 Å². The summed E-state index contributed by atoms with van der Waals surface area (Å²) in [5.74, 6) is 0. The van der Waals surface area contributed by atoms with E-state index in [1.807, 2.05) is 0 Å². The fourth-order valence-electron chi connectivity index (χ4n) is 2.43. The van der Waals surface area contributed by atoms with E-state index in [0.29, 0.717) is 6.54 Å². The van der Waals surface area contributed by atoms with Crippen molar-refractivity contribution < 1.29 is 0 Å². The number of nitrogens with two attached hydrogens (primary N) is 1. The van der Waals surface area contributed by atoms with Gasteiger partial charge in [0.05, 0.1) is 0 Å². The van der Waals surface area contributed by atoms with Gasteiger partial charge in [0.1, 0.15) is 0 Å². The second-order valence-electron chi connectivity index (χ2n) is 5.88. The van der Waals surface area contributed by atoms with E-state index >= 15 is 0 Å². The number of hydrogen-bond acceptors (Lipinski definition) is 2. The van der Waals surface area contributed by atoms with Crippen LogP contribution in [0.1, 0.15) is 20.8 Å². The first-order valence-corrected chi connectivity index (χ1v) is 7.00. The highest BCUT2D eigenvalue weighted by molar-refractivity contribution is 5.94. The fourth-order valence-corrected chi connectivity index (χ4v) is 2.43. The third kappa shape index (κ3) is 3.07. The Morgan fingerprint density at radius 2 is 1.74 bits per heavy atom. The molecule has 2 aromatic rings. The third-order valence-corrected chi connectivity index (χ3v) is 3.66.